The van der Waals surface area contributed by atoms with Crippen LogP contribution >= 0.6 is 0 Å². The first-order chi connectivity index (χ1) is 9.93. The summed E-state index contributed by atoms with van der Waals surface area (Å²) in [5.74, 6) is -1.93. The largest absolute Gasteiger partial charge is 0.477 e. The number of benzene rings is 1. The molecule has 0 spiro atoms. The zero-order valence-electron chi connectivity index (χ0n) is 12.0. The highest BCUT2D eigenvalue weighted by Crippen LogP contribution is 2.25. The van der Waals surface area contributed by atoms with Crippen LogP contribution in [-0.4, -0.2) is 39.9 Å². The van der Waals surface area contributed by atoms with E-state index in [9.17, 15) is 19.7 Å². The van der Waals surface area contributed by atoms with Gasteiger partial charge in [0.25, 0.3) is 11.6 Å². The highest BCUT2D eigenvalue weighted by Gasteiger charge is 2.29. The Balaban J connectivity index is 3.34. The van der Waals surface area contributed by atoms with Gasteiger partial charge in [-0.05, 0) is 25.0 Å². The van der Waals surface area contributed by atoms with E-state index in [1.54, 1.807) is 0 Å². The summed E-state index contributed by atoms with van der Waals surface area (Å²) in [6.45, 7) is 4.75. The summed E-state index contributed by atoms with van der Waals surface area (Å²) in [4.78, 5) is 35.4. The van der Waals surface area contributed by atoms with Crippen molar-refractivity contribution >= 4 is 17.6 Å². The Kier molecular flexibility index (Phi) is 5.83. The Bertz CT molecular complexity index is 550. The quantitative estimate of drug-likeness (QED) is 0.615. The van der Waals surface area contributed by atoms with E-state index in [0.717, 1.165) is 18.9 Å². The molecule has 0 atom stereocenters. The van der Waals surface area contributed by atoms with Crippen LogP contribution in [0.1, 0.15) is 47.4 Å². The van der Waals surface area contributed by atoms with Crippen LogP contribution in [0.25, 0.3) is 0 Å². The Morgan fingerprint density at radius 1 is 1.19 bits per heavy atom. The van der Waals surface area contributed by atoms with Crippen LogP contribution in [0.2, 0.25) is 0 Å². The molecule has 0 saturated carbocycles. The fourth-order valence-corrected chi connectivity index (χ4v) is 2.11. The number of carbonyl (C=O) groups excluding carboxylic acids is 1. The Morgan fingerprint density at radius 2 is 1.71 bits per heavy atom. The van der Waals surface area contributed by atoms with Crippen molar-refractivity contribution in [3.8, 4) is 0 Å². The average Bonchev–Trinajstić information content (AvgIpc) is 2.45. The second kappa shape index (κ2) is 7.37. The molecule has 0 aliphatic heterocycles. The molecule has 0 aliphatic carbocycles. The van der Waals surface area contributed by atoms with E-state index in [-0.39, 0.29) is 5.56 Å². The van der Waals surface area contributed by atoms with Gasteiger partial charge in [-0.2, -0.15) is 0 Å². The summed E-state index contributed by atoms with van der Waals surface area (Å²) in [5.41, 5.74) is -1.30. The third-order valence-corrected chi connectivity index (χ3v) is 2.95. The van der Waals surface area contributed by atoms with Crippen LogP contribution in [0.3, 0.4) is 0 Å². The molecule has 21 heavy (non-hydrogen) atoms. The van der Waals surface area contributed by atoms with Gasteiger partial charge in [0, 0.05) is 13.1 Å². The zero-order chi connectivity index (χ0) is 16.0. The highest BCUT2D eigenvalue weighted by molar-refractivity contribution is 6.03. The maximum absolute atomic E-state index is 12.5. The fourth-order valence-electron chi connectivity index (χ4n) is 2.11. The number of hydrogen-bond acceptors (Lipinski definition) is 4. The predicted octanol–water partition coefficient (Wildman–Crippen LogP) is 2.56. The number of nitro benzene ring substituents is 1. The van der Waals surface area contributed by atoms with E-state index in [0.29, 0.717) is 13.1 Å². The van der Waals surface area contributed by atoms with Crippen LogP contribution in [0.4, 0.5) is 5.69 Å². The summed E-state index contributed by atoms with van der Waals surface area (Å²) in [7, 11) is 0. The molecule has 114 valence electrons. The van der Waals surface area contributed by atoms with Crippen molar-refractivity contribution in [2.24, 2.45) is 0 Å². The molecular formula is C14H18N2O5. The lowest BCUT2D eigenvalue weighted by Gasteiger charge is -2.21. The van der Waals surface area contributed by atoms with Crippen LogP contribution in [0, 0.1) is 10.1 Å². The molecule has 1 aromatic carbocycles. The molecule has 0 unspecified atom stereocenters. The van der Waals surface area contributed by atoms with Gasteiger partial charge in [0.15, 0.2) is 0 Å². The lowest BCUT2D eigenvalue weighted by Crippen LogP contribution is -2.33. The normalized spacial score (nSPS) is 10.2. The molecule has 0 heterocycles. The van der Waals surface area contributed by atoms with Gasteiger partial charge in [0.1, 0.15) is 11.1 Å². The summed E-state index contributed by atoms with van der Waals surface area (Å²) < 4.78 is 0. The topological polar surface area (TPSA) is 101 Å². The van der Waals surface area contributed by atoms with Crippen molar-refractivity contribution in [1.29, 1.82) is 0 Å². The van der Waals surface area contributed by atoms with Gasteiger partial charge in [0.2, 0.25) is 0 Å². The van der Waals surface area contributed by atoms with Crippen molar-refractivity contribution in [2.45, 2.75) is 26.7 Å². The Hall–Kier alpha value is -2.44. The second-order valence-corrected chi connectivity index (χ2v) is 4.56. The van der Waals surface area contributed by atoms with Gasteiger partial charge >= 0.3 is 5.97 Å². The van der Waals surface area contributed by atoms with Crippen molar-refractivity contribution in [1.82, 2.24) is 4.90 Å². The van der Waals surface area contributed by atoms with Crippen LogP contribution < -0.4 is 0 Å². The lowest BCUT2D eigenvalue weighted by molar-refractivity contribution is -0.385. The van der Waals surface area contributed by atoms with Gasteiger partial charge in [-0.1, -0.05) is 19.9 Å². The fraction of sp³-hybridized carbons (Fsp3) is 0.429. The van der Waals surface area contributed by atoms with Crippen molar-refractivity contribution in [3.63, 3.8) is 0 Å². The highest BCUT2D eigenvalue weighted by atomic mass is 16.6. The molecular weight excluding hydrogens is 276 g/mol. The summed E-state index contributed by atoms with van der Waals surface area (Å²) in [5, 5.41) is 20.2. The molecule has 7 nitrogen and oxygen atoms in total. The lowest BCUT2D eigenvalue weighted by atomic mass is 10.1. The standard InChI is InChI=1S/C14H18N2O5/c1-3-8-15(9-4-2)13(17)10-6-5-7-11(14(18)19)12(10)16(20)21/h5-7H,3-4,8-9H2,1-2H3,(H,18,19). The zero-order valence-corrected chi connectivity index (χ0v) is 12.0. The maximum atomic E-state index is 12.5. The first kappa shape index (κ1) is 16.6. The number of hydrogen-bond donors (Lipinski definition) is 1. The van der Waals surface area contributed by atoms with Crippen molar-refractivity contribution in [2.75, 3.05) is 13.1 Å². The molecule has 0 aliphatic rings. The minimum atomic E-state index is -1.42. The van der Waals surface area contributed by atoms with E-state index < -0.39 is 28.1 Å². The van der Waals surface area contributed by atoms with E-state index in [2.05, 4.69) is 0 Å². The summed E-state index contributed by atoms with van der Waals surface area (Å²) in [6, 6.07) is 3.77. The first-order valence-electron chi connectivity index (χ1n) is 6.73. The van der Waals surface area contributed by atoms with Gasteiger partial charge < -0.3 is 10.0 Å². The minimum absolute atomic E-state index is 0.179. The molecule has 0 bridgehead atoms. The second-order valence-electron chi connectivity index (χ2n) is 4.56. The van der Waals surface area contributed by atoms with Crippen LogP contribution in [-0.2, 0) is 0 Å². The number of carbonyl (C=O) groups is 2. The third kappa shape index (κ3) is 3.77. The molecule has 1 amide bonds. The van der Waals surface area contributed by atoms with E-state index in [4.69, 9.17) is 5.11 Å². The minimum Gasteiger partial charge on any atom is -0.477 e. The summed E-state index contributed by atoms with van der Waals surface area (Å²) in [6.07, 6.45) is 1.44. The Morgan fingerprint density at radius 3 is 2.14 bits per heavy atom. The number of nitro groups is 1. The third-order valence-electron chi connectivity index (χ3n) is 2.95. The maximum Gasteiger partial charge on any atom is 0.342 e. The number of carboxylic acid groups (broad SMARTS) is 1. The van der Waals surface area contributed by atoms with E-state index in [1.165, 1.54) is 17.0 Å². The van der Waals surface area contributed by atoms with Gasteiger partial charge in [-0.3, -0.25) is 14.9 Å². The van der Waals surface area contributed by atoms with Gasteiger partial charge in [-0.15, -0.1) is 0 Å². The number of para-hydroxylation sites is 1. The summed E-state index contributed by atoms with van der Waals surface area (Å²) >= 11 is 0. The Labute approximate surface area is 122 Å². The molecule has 1 N–H and O–H groups in total. The smallest absolute Gasteiger partial charge is 0.342 e. The van der Waals surface area contributed by atoms with Gasteiger partial charge in [-0.25, -0.2) is 4.79 Å². The van der Waals surface area contributed by atoms with Crippen LogP contribution in [0.5, 0.6) is 0 Å². The molecule has 0 saturated heterocycles. The molecule has 7 heteroatoms. The first-order valence-corrected chi connectivity index (χ1v) is 6.73. The number of amides is 1. The average molecular weight is 294 g/mol. The molecule has 0 aromatic heterocycles. The SMILES string of the molecule is CCCN(CCC)C(=O)c1cccc(C(=O)O)c1[N+](=O)[O-]. The van der Waals surface area contributed by atoms with Crippen molar-refractivity contribution in [3.05, 3.63) is 39.4 Å². The molecule has 0 radical (unpaired) electrons. The van der Waals surface area contributed by atoms with E-state index >= 15 is 0 Å². The number of nitrogens with zero attached hydrogens (tertiary/aromatic N) is 2. The van der Waals surface area contributed by atoms with Gasteiger partial charge in [0.05, 0.1) is 4.92 Å². The monoisotopic (exact) mass is 294 g/mol. The number of aromatic carboxylic acids is 1. The van der Waals surface area contributed by atoms with Crippen molar-refractivity contribution < 1.29 is 19.6 Å². The predicted molar refractivity (Wildman–Crippen MR) is 76.5 cm³/mol. The molecule has 0 fully saturated rings. The molecule has 1 rings (SSSR count). The number of rotatable bonds is 7. The molecule has 1 aromatic rings. The van der Waals surface area contributed by atoms with Crippen LogP contribution in [0.15, 0.2) is 18.2 Å². The van der Waals surface area contributed by atoms with E-state index in [1.807, 2.05) is 13.8 Å². The number of carboxylic acids is 1.